The van der Waals surface area contributed by atoms with Gasteiger partial charge in [0.25, 0.3) is 0 Å². The lowest BCUT2D eigenvalue weighted by atomic mass is 9.93. The first-order valence-corrected chi connectivity index (χ1v) is 36.4. The molecule has 110 heavy (non-hydrogen) atoms. The molecule has 0 amide bonds. The molecule has 12 nitrogen and oxygen atoms in total. The maximum absolute atomic E-state index is 6.76. The van der Waals surface area contributed by atoms with Crippen molar-refractivity contribution in [1.82, 2.24) is 49.8 Å². The van der Waals surface area contributed by atoms with Gasteiger partial charge in [0.15, 0.2) is 46.6 Å². The molecular formula is C98H60N10O2. The molecule has 0 unspecified atom stereocenters. The summed E-state index contributed by atoms with van der Waals surface area (Å²) in [4.78, 5) is 52.0. The Morgan fingerprint density at radius 3 is 0.927 bits per heavy atom. The second kappa shape index (κ2) is 27.7. The third-order valence-electron chi connectivity index (χ3n) is 20.0. The Labute approximate surface area is 632 Å². The maximum Gasteiger partial charge on any atom is 0.164 e. The van der Waals surface area contributed by atoms with Gasteiger partial charge in [0.2, 0.25) is 0 Å². The number of para-hydroxylation sites is 2. The van der Waals surface area contributed by atoms with E-state index < -0.39 is 0 Å². The zero-order chi connectivity index (χ0) is 72.9. The van der Waals surface area contributed by atoms with Crippen LogP contribution in [0.4, 0.5) is 0 Å². The summed E-state index contributed by atoms with van der Waals surface area (Å²) in [6.45, 7) is 0. The SMILES string of the molecule is c1ccc(-c2cc(-c3ccc(-c4cccc(-c5cc(-c6cc(-c7nc(-c8ccccc8)nc(-c8ccccc8)n7)cc7oc8ccccc8c67)nc(-c6ccccc6)n5)c4)cc3)nc(-c3cccc(-c4cc(-c5cccc(-c6nc(-c7ccccc7)nc(-c7ccccc7)n6)c5)c5c(c4)oc4ccccc45)c3)n2)cc1. The quantitative estimate of drug-likeness (QED) is 0.0959. The Balaban J connectivity index is 0.658. The largest absolute Gasteiger partial charge is 0.456 e. The zero-order valence-electron chi connectivity index (χ0n) is 58.9. The first-order valence-electron chi connectivity index (χ1n) is 36.4. The summed E-state index contributed by atoms with van der Waals surface area (Å²) >= 11 is 0. The molecule has 20 aromatic rings. The summed E-state index contributed by atoms with van der Waals surface area (Å²) in [5, 5.41) is 3.92. The van der Waals surface area contributed by atoms with E-state index in [1.54, 1.807) is 0 Å². The standard InChI is InChI=1S/C98H60N10O2/c1-7-26-62(27-8-1)81-59-82(100-96(99-81)73-42-24-39-70(53-73)75-55-79(89-77-44-19-21-46-85(77)109-87(89)57-75)71-40-25-43-74(54-71)97-105-92(65-30-11-3-12-31-65)103-93(106-97)66-32-13-4-14-33-66)63-50-48-61(49-51-63)69-38-23-41-72(52-69)83-60-84(102-91(101-83)64-28-9-2-10-29-64)80-56-76(58-88-90(80)78-45-20-22-47-86(78)110-88)98-107-94(67-34-15-5-16-35-67)104-95(108-98)68-36-17-6-18-37-68/h1-60H. The molecule has 0 bridgehead atoms. The van der Waals surface area contributed by atoms with Crippen molar-refractivity contribution in [2.24, 2.45) is 0 Å². The average molecular weight is 1410 g/mol. The van der Waals surface area contributed by atoms with Crippen LogP contribution >= 0.6 is 0 Å². The predicted molar refractivity (Wildman–Crippen MR) is 440 cm³/mol. The van der Waals surface area contributed by atoms with Crippen LogP contribution in [-0.4, -0.2) is 49.8 Å². The van der Waals surface area contributed by atoms with Crippen LogP contribution in [-0.2, 0) is 0 Å². The number of hydrogen-bond donors (Lipinski definition) is 0. The van der Waals surface area contributed by atoms with Crippen LogP contribution in [0.25, 0.3) is 213 Å². The van der Waals surface area contributed by atoms with Gasteiger partial charge in [-0.3, -0.25) is 0 Å². The Morgan fingerprint density at radius 1 is 0.145 bits per heavy atom. The second-order valence-corrected chi connectivity index (χ2v) is 27.0. The minimum atomic E-state index is 0.499. The van der Waals surface area contributed by atoms with E-state index in [1.807, 2.05) is 206 Å². The lowest BCUT2D eigenvalue weighted by Crippen LogP contribution is -2.01. The van der Waals surface area contributed by atoms with E-state index in [-0.39, 0.29) is 0 Å². The molecule has 514 valence electrons. The van der Waals surface area contributed by atoms with E-state index in [2.05, 4.69) is 158 Å². The Hall–Kier alpha value is -15.1. The fourth-order valence-corrected chi connectivity index (χ4v) is 14.6. The first kappa shape index (κ1) is 64.5. The molecule has 0 N–H and O–H groups in total. The summed E-state index contributed by atoms with van der Waals surface area (Å²) in [6, 6.07) is 124. The number of rotatable bonds is 15. The monoisotopic (exact) mass is 1410 g/mol. The van der Waals surface area contributed by atoms with Crippen molar-refractivity contribution < 1.29 is 8.83 Å². The Bertz CT molecular complexity index is 6760. The number of benzene rings is 14. The van der Waals surface area contributed by atoms with Crippen molar-refractivity contribution in [3.63, 3.8) is 0 Å². The molecule has 12 heteroatoms. The Morgan fingerprint density at radius 2 is 0.436 bits per heavy atom. The summed E-state index contributed by atoms with van der Waals surface area (Å²) in [7, 11) is 0. The minimum Gasteiger partial charge on any atom is -0.456 e. The molecular weight excluding hydrogens is 1350 g/mol. The minimum absolute atomic E-state index is 0.499. The number of nitrogens with zero attached hydrogens (tertiary/aromatic N) is 10. The van der Waals surface area contributed by atoms with E-state index in [4.69, 9.17) is 58.7 Å². The molecule has 0 saturated heterocycles. The molecule has 20 rings (SSSR count). The fourth-order valence-electron chi connectivity index (χ4n) is 14.6. The van der Waals surface area contributed by atoms with Gasteiger partial charge in [0, 0.05) is 88.3 Å². The first-order chi connectivity index (χ1) is 54.4. The van der Waals surface area contributed by atoms with Crippen molar-refractivity contribution in [2.45, 2.75) is 0 Å². The molecule has 0 radical (unpaired) electrons. The molecule has 0 aliphatic carbocycles. The van der Waals surface area contributed by atoms with Crippen molar-refractivity contribution in [3.05, 3.63) is 364 Å². The molecule has 0 aliphatic heterocycles. The highest BCUT2D eigenvalue weighted by Crippen LogP contribution is 2.45. The van der Waals surface area contributed by atoms with Gasteiger partial charge in [-0.15, -0.1) is 0 Å². The molecule has 0 spiro atoms. The predicted octanol–water partition coefficient (Wildman–Crippen LogP) is 24.4. The fraction of sp³-hybridized carbons (Fsp3) is 0. The molecule has 0 aliphatic rings. The molecule has 0 atom stereocenters. The molecule has 0 fully saturated rings. The van der Waals surface area contributed by atoms with Crippen LogP contribution in [0.5, 0.6) is 0 Å². The molecule has 6 aromatic heterocycles. The van der Waals surface area contributed by atoms with Crippen molar-refractivity contribution in [2.75, 3.05) is 0 Å². The summed E-state index contributed by atoms with van der Waals surface area (Å²) in [5.41, 5.74) is 22.6. The smallest absolute Gasteiger partial charge is 0.164 e. The topological polar surface area (TPSA) is 155 Å². The van der Waals surface area contributed by atoms with E-state index >= 15 is 0 Å². The van der Waals surface area contributed by atoms with Gasteiger partial charge >= 0.3 is 0 Å². The van der Waals surface area contributed by atoms with Crippen LogP contribution in [0, 0.1) is 0 Å². The number of fused-ring (bicyclic) bond motifs is 6. The van der Waals surface area contributed by atoms with E-state index in [0.717, 1.165) is 156 Å². The van der Waals surface area contributed by atoms with Gasteiger partial charge in [-0.1, -0.05) is 297 Å². The number of furan rings is 2. The summed E-state index contributed by atoms with van der Waals surface area (Å²) < 4.78 is 13.5. The summed E-state index contributed by atoms with van der Waals surface area (Å²) in [5.74, 6) is 4.56. The lowest BCUT2D eigenvalue weighted by Gasteiger charge is -2.13. The zero-order valence-corrected chi connectivity index (χ0v) is 58.9. The molecule has 0 saturated carbocycles. The van der Waals surface area contributed by atoms with Gasteiger partial charge in [0.05, 0.1) is 22.8 Å². The highest BCUT2D eigenvalue weighted by atomic mass is 16.3. The normalized spacial score (nSPS) is 11.5. The lowest BCUT2D eigenvalue weighted by molar-refractivity contribution is 0.668. The molecule has 14 aromatic carbocycles. The third kappa shape index (κ3) is 12.5. The summed E-state index contributed by atoms with van der Waals surface area (Å²) in [6.07, 6.45) is 0. The number of aromatic nitrogens is 10. The van der Waals surface area contributed by atoms with Crippen molar-refractivity contribution in [3.8, 4) is 170 Å². The Kier molecular flexibility index (Phi) is 16.2. The third-order valence-corrected chi connectivity index (χ3v) is 20.0. The van der Waals surface area contributed by atoms with Crippen LogP contribution in [0.15, 0.2) is 373 Å². The molecule has 6 heterocycles. The van der Waals surface area contributed by atoms with Crippen LogP contribution in [0.3, 0.4) is 0 Å². The van der Waals surface area contributed by atoms with Gasteiger partial charge in [-0.25, -0.2) is 49.8 Å². The second-order valence-electron chi connectivity index (χ2n) is 27.0. The van der Waals surface area contributed by atoms with Crippen LogP contribution < -0.4 is 0 Å². The van der Waals surface area contributed by atoms with Crippen molar-refractivity contribution in [1.29, 1.82) is 0 Å². The van der Waals surface area contributed by atoms with E-state index in [0.29, 0.717) is 57.9 Å². The van der Waals surface area contributed by atoms with Gasteiger partial charge in [-0.05, 0) is 100 Å². The average Bonchev–Trinajstić information content (AvgIpc) is 1.55. The van der Waals surface area contributed by atoms with Gasteiger partial charge < -0.3 is 8.83 Å². The van der Waals surface area contributed by atoms with Crippen molar-refractivity contribution >= 4 is 43.9 Å². The van der Waals surface area contributed by atoms with Crippen LogP contribution in [0.1, 0.15) is 0 Å². The maximum atomic E-state index is 6.76. The van der Waals surface area contributed by atoms with E-state index in [9.17, 15) is 0 Å². The highest BCUT2D eigenvalue weighted by Gasteiger charge is 2.24. The number of hydrogen-bond acceptors (Lipinski definition) is 12. The van der Waals surface area contributed by atoms with Gasteiger partial charge in [-0.2, -0.15) is 0 Å². The highest BCUT2D eigenvalue weighted by molar-refractivity contribution is 6.15. The van der Waals surface area contributed by atoms with Gasteiger partial charge in [0.1, 0.15) is 22.3 Å². The van der Waals surface area contributed by atoms with E-state index in [1.165, 1.54) is 0 Å². The van der Waals surface area contributed by atoms with Crippen LogP contribution in [0.2, 0.25) is 0 Å².